The number of carboxylic acid groups (broad SMARTS) is 1. The van der Waals surface area contributed by atoms with Crippen LogP contribution < -0.4 is 5.32 Å². The first-order valence-corrected chi connectivity index (χ1v) is 6.55. The third-order valence-corrected chi connectivity index (χ3v) is 3.17. The molecule has 0 radical (unpaired) electrons. The fraction of sp³-hybridized carbons (Fsp3) is 0.467. The van der Waals surface area contributed by atoms with Gasteiger partial charge in [0.25, 0.3) is 5.91 Å². The number of amides is 1. The molecule has 0 spiro atoms. The maximum atomic E-state index is 12.2. The number of aliphatic carboxylic acids is 1. The Balaban J connectivity index is 2.95. The van der Waals surface area contributed by atoms with E-state index >= 15 is 0 Å². The second kappa shape index (κ2) is 6.35. The highest BCUT2D eigenvalue weighted by atomic mass is 16.4. The molecule has 112 valence electrons. The van der Waals surface area contributed by atoms with E-state index in [9.17, 15) is 9.59 Å². The number of nitriles is 1. The molecule has 1 unspecified atom stereocenters. The van der Waals surface area contributed by atoms with Gasteiger partial charge >= 0.3 is 5.97 Å². The molecule has 0 bridgehead atoms. The fourth-order valence-electron chi connectivity index (χ4n) is 1.79. The van der Waals surface area contributed by atoms with Crippen molar-refractivity contribution in [2.45, 2.75) is 40.2 Å². The van der Waals surface area contributed by atoms with Crippen molar-refractivity contribution in [2.24, 2.45) is 5.41 Å². The zero-order chi connectivity index (χ0) is 16.2. The van der Waals surface area contributed by atoms with Gasteiger partial charge in [-0.05, 0) is 24.5 Å². The summed E-state index contributed by atoms with van der Waals surface area (Å²) < 4.78 is 0. The smallest absolute Gasteiger partial charge is 0.305 e. The minimum absolute atomic E-state index is 0.162. The van der Waals surface area contributed by atoms with Crippen LogP contribution in [-0.2, 0) is 4.79 Å². The lowest BCUT2D eigenvalue weighted by Gasteiger charge is -2.30. The number of aryl methyl sites for hydroxylation is 1. The molecule has 0 saturated carbocycles. The van der Waals surface area contributed by atoms with Crippen molar-refractivity contribution in [1.82, 2.24) is 10.3 Å². The molecule has 0 saturated heterocycles. The molecule has 0 aromatic carbocycles. The SMILES string of the molecule is Cc1nc(C(=O)NC(CC(=O)O)C(C)(C)C)ccc1C#N. The number of carbonyl (C=O) groups excluding carboxylic acids is 1. The van der Waals surface area contributed by atoms with Gasteiger partial charge in [0.2, 0.25) is 0 Å². The largest absolute Gasteiger partial charge is 0.481 e. The van der Waals surface area contributed by atoms with Crippen molar-refractivity contribution in [3.8, 4) is 6.07 Å². The summed E-state index contributed by atoms with van der Waals surface area (Å²) in [7, 11) is 0. The second-order valence-corrected chi connectivity index (χ2v) is 5.93. The molecule has 0 aliphatic rings. The van der Waals surface area contributed by atoms with E-state index in [0.29, 0.717) is 11.3 Å². The molecular formula is C15H19N3O3. The number of nitrogens with one attached hydrogen (secondary N) is 1. The van der Waals surface area contributed by atoms with Gasteiger partial charge in [-0.25, -0.2) is 4.98 Å². The Bertz CT molecular complexity index is 597. The number of rotatable bonds is 4. The lowest BCUT2D eigenvalue weighted by Crippen LogP contribution is -2.45. The van der Waals surface area contributed by atoms with Crippen LogP contribution in [0.15, 0.2) is 12.1 Å². The summed E-state index contributed by atoms with van der Waals surface area (Å²) >= 11 is 0. The van der Waals surface area contributed by atoms with Crippen LogP contribution in [0.5, 0.6) is 0 Å². The summed E-state index contributed by atoms with van der Waals surface area (Å²) in [6.45, 7) is 7.23. The standard InChI is InChI=1S/C15H19N3O3/c1-9-10(8-16)5-6-11(17-9)14(21)18-12(7-13(19)20)15(2,3)4/h5-6,12H,7H2,1-4H3,(H,18,21)(H,19,20). The summed E-state index contributed by atoms with van der Waals surface area (Å²) in [6.07, 6.45) is -0.162. The number of carbonyl (C=O) groups is 2. The maximum absolute atomic E-state index is 12.2. The van der Waals surface area contributed by atoms with E-state index in [1.165, 1.54) is 12.1 Å². The van der Waals surface area contributed by atoms with Gasteiger partial charge in [-0.1, -0.05) is 20.8 Å². The molecule has 1 amide bonds. The van der Waals surface area contributed by atoms with Gasteiger partial charge in [0.15, 0.2) is 0 Å². The van der Waals surface area contributed by atoms with E-state index in [1.54, 1.807) is 6.92 Å². The Morgan fingerprint density at radius 2 is 2.05 bits per heavy atom. The van der Waals surface area contributed by atoms with Crippen LogP contribution in [0, 0.1) is 23.7 Å². The van der Waals surface area contributed by atoms with Crippen LogP contribution >= 0.6 is 0 Å². The third-order valence-electron chi connectivity index (χ3n) is 3.17. The van der Waals surface area contributed by atoms with Gasteiger partial charge < -0.3 is 10.4 Å². The van der Waals surface area contributed by atoms with E-state index in [-0.39, 0.29) is 12.1 Å². The molecule has 1 aromatic rings. The van der Waals surface area contributed by atoms with Crippen molar-refractivity contribution in [3.63, 3.8) is 0 Å². The minimum atomic E-state index is -0.973. The predicted octanol–water partition coefficient (Wildman–Crippen LogP) is 1.88. The highest BCUT2D eigenvalue weighted by Gasteiger charge is 2.29. The van der Waals surface area contributed by atoms with Gasteiger partial charge in [0.05, 0.1) is 17.7 Å². The average molecular weight is 289 g/mol. The molecule has 21 heavy (non-hydrogen) atoms. The molecule has 6 nitrogen and oxygen atoms in total. The van der Waals surface area contributed by atoms with Gasteiger partial charge in [0, 0.05) is 6.04 Å². The molecule has 1 heterocycles. The Kier molecular flexibility index (Phi) is 5.03. The molecule has 1 atom stereocenters. The molecule has 2 N–H and O–H groups in total. The molecule has 6 heteroatoms. The third kappa shape index (κ3) is 4.56. The molecular weight excluding hydrogens is 270 g/mol. The Hall–Kier alpha value is -2.42. The van der Waals surface area contributed by atoms with Gasteiger partial charge in [0.1, 0.15) is 11.8 Å². The monoisotopic (exact) mass is 289 g/mol. The van der Waals surface area contributed by atoms with E-state index in [0.717, 1.165) is 0 Å². The zero-order valence-corrected chi connectivity index (χ0v) is 12.6. The van der Waals surface area contributed by atoms with E-state index in [2.05, 4.69) is 10.3 Å². The summed E-state index contributed by atoms with van der Waals surface area (Å²) in [5.41, 5.74) is 0.654. The van der Waals surface area contributed by atoms with E-state index in [1.807, 2.05) is 26.8 Å². The predicted molar refractivity (Wildman–Crippen MR) is 76.7 cm³/mol. The zero-order valence-electron chi connectivity index (χ0n) is 12.6. The number of hydrogen-bond donors (Lipinski definition) is 2. The van der Waals surface area contributed by atoms with Gasteiger partial charge in [-0.15, -0.1) is 0 Å². The number of pyridine rings is 1. The highest BCUT2D eigenvalue weighted by molar-refractivity contribution is 5.93. The van der Waals surface area contributed by atoms with Crippen molar-refractivity contribution in [3.05, 3.63) is 29.1 Å². The molecule has 1 aromatic heterocycles. The van der Waals surface area contributed by atoms with Crippen LogP contribution in [0.25, 0.3) is 0 Å². The van der Waals surface area contributed by atoms with Crippen LogP contribution in [-0.4, -0.2) is 28.0 Å². The summed E-state index contributed by atoms with van der Waals surface area (Å²) in [6, 6.07) is 4.45. The first-order chi connectivity index (χ1) is 9.65. The minimum Gasteiger partial charge on any atom is -0.481 e. The van der Waals surface area contributed by atoms with Crippen LogP contribution in [0.4, 0.5) is 0 Å². The van der Waals surface area contributed by atoms with Crippen molar-refractivity contribution < 1.29 is 14.7 Å². The summed E-state index contributed by atoms with van der Waals surface area (Å²) in [5.74, 6) is -1.41. The van der Waals surface area contributed by atoms with Crippen molar-refractivity contribution in [2.75, 3.05) is 0 Å². The lowest BCUT2D eigenvalue weighted by atomic mass is 9.84. The van der Waals surface area contributed by atoms with Crippen LogP contribution in [0.1, 0.15) is 48.9 Å². The number of carboxylic acids is 1. The maximum Gasteiger partial charge on any atom is 0.305 e. The van der Waals surface area contributed by atoms with Gasteiger partial charge in [-0.2, -0.15) is 5.26 Å². The normalized spacial score (nSPS) is 12.3. The second-order valence-electron chi connectivity index (χ2n) is 5.93. The Morgan fingerprint density at radius 3 is 2.48 bits per heavy atom. The number of aromatic nitrogens is 1. The Labute approximate surface area is 123 Å². The molecule has 0 fully saturated rings. The lowest BCUT2D eigenvalue weighted by molar-refractivity contribution is -0.138. The highest BCUT2D eigenvalue weighted by Crippen LogP contribution is 2.22. The quantitative estimate of drug-likeness (QED) is 0.880. The first kappa shape index (κ1) is 16.6. The summed E-state index contributed by atoms with van der Waals surface area (Å²) in [4.78, 5) is 27.2. The topological polar surface area (TPSA) is 103 Å². The first-order valence-electron chi connectivity index (χ1n) is 6.55. The molecule has 0 aliphatic carbocycles. The van der Waals surface area contributed by atoms with E-state index < -0.39 is 23.3 Å². The van der Waals surface area contributed by atoms with Crippen LogP contribution in [0.3, 0.4) is 0 Å². The molecule has 1 rings (SSSR count). The van der Waals surface area contributed by atoms with E-state index in [4.69, 9.17) is 10.4 Å². The molecule has 0 aliphatic heterocycles. The fourth-order valence-corrected chi connectivity index (χ4v) is 1.79. The number of hydrogen-bond acceptors (Lipinski definition) is 4. The van der Waals surface area contributed by atoms with Crippen molar-refractivity contribution in [1.29, 1.82) is 5.26 Å². The number of nitrogens with zero attached hydrogens (tertiary/aromatic N) is 2. The van der Waals surface area contributed by atoms with Crippen LogP contribution in [0.2, 0.25) is 0 Å². The Morgan fingerprint density at radius 1 is 1.43 bits per heavy atom. The van der Waals surface area contributed by atoms with Crippen molar-refractivity contribution >= 4 is 11.9 Å². The summed E-state index contributed by atoms with van der Waals surface area (Å²) in [5, 5.41) is 20.5. The van der Waals surface area contributed by atoms with Gasteiger partial charge in [-0.3, -0.25) is 9.59 Å². The average Bonchev–Trinajstić information content (AvgIpc) is 2.36.